The topological polar surface area (TPSA) is 91.3 Å². The zero-order chi connectivity index (χ0) is 27.0. The fourth-order valence-electron chi connectivity index (χ4n) is 5.74. The molecular weight excluding hydrogens is 493 g/mol. The van der Waals surface area contributed by atoms with Gasteiger partial charge >= 0.3 is 13.8 Å². The van der Waals surface area contributed by atoms with Crippen molar-refractivity contribution >= 4 is 13.8 Å². The van der Waals surface area contributed by atoms with E-state index < -0.39 is 19.9 Å². The molecule has 0 aromatic rings. The molecule has 2 saturated heterocycles. The number of fused-ring (bicyclic) bond motifs is 2. The largest absolute Gasteiger partial charge is 0.472 e. The highest BCUT2D eigenvalue weighted by molar-refractivity contribution is 7.47. The van der Waals surface area contributed by atoms with Gasteiger partial charge in [0.05, 0.1) is 33.4 Å². The quantitative estimate of drug-likeness (QED) is 0.0684. The van der Waals surface area contributed by atoms with E-state index >= 15 is 0 Å². The van der Waals surface area contributed by atoms with E-state index in [0.717, 1.165) is 43.4 Å². The first-order valence-corrected chi connectivity index (χ1v) is 16.5. The molecule has 1 N–H and O–H groups in total. The van der Waals surface area contributed by atoms with Crippen LogP contribution in [0.3, 0.4) is 0 Å². The lowest BCUT2D eigenvalue weighted by molar-refractivity contribution is -0.891. The molecule has 0 saturated carbocycles. The highest BCUT2D eigenvalue weighted by Crippen LogP contribution is 2.49. The van der Waals surface area contributed by atoms with Crippen LogP contribution in [0.5, 0.6) is 0 Å². The minimum atomic E-state index is -4.23. The van der Waals surface area contributed by atoms with Crippen LogP contribution in [-0.2, 0) is 27.9 Å². The summed E-state index contributed by atoms with van der Waals surface area (Å²) in [7, 11) is -2.08. The Morgan fingerprint density at radius 3 is 1.97 bits per heavy atom. The second-order valence-electron chi connectivity index (χ2n) is 11.6. The number of ether oxygens (including phenoxy) is 2. The molecule has 0 aromatic carbocycles. The SMILES string of the molecule is CCCCCCCCCCCCCCCCOCC(COP(=O)(O)OC1C[N+]2(C)CCC1C2)OC(C)=O. The van der Waals surface area contributed by atoms with Crippen LogP contribution >= 0.6 is 7.82 Å². The average Bonchev–Trinajstić information content (AvgIpc) is 3.37. The van der Waals surface area contributed by atoms with Crippen LogP contribution in [0.1, 0.15) is 110 Å². The molecule has 0 aliphatic carbocycles. The third kappa shape index (κ3) is 14.5. The lowest BCUT2D eigenvalue weighted by Crippen LogP contribution is -2.42. The van der Waals surface area contributed by atoms with Crippen LogP contribution in [0.25, 0.3) is 0 Å². The first kappa shape index (κ1) is 32.7. The summed E-state index contributed by atoms with van der Waals surface area (Å²) < 4.78 is 35.0. The smallest absolute Gasteiger partial charge is 0.458 e. The van der Waals surface area contributed by atoms with Crippen LogP contribution in [0.15, 0.2) is 0 Å². The number of quaternary nitrogens is 1. The molecule has 5 unspecified atom stereocenters. The third-order valence-electron chi connectivity index (χ3n) is 7.83. The van der Waals surface area contributed by atoms with E-state index in [1.807, 2.05) is 0 Å². The molecule has 9 heteroatoms. The summed E-state index contributed by atoms with van der Waals surface area (Å²) in [6, 6.07) is 0. The standard InChI is InChI=1S/C28H54NO7P/c1-4-5-6-7-8-9-10-11-12-13-14-15-16-17-20-33-23-27(35-25(2)30)24-34-37(31,32)36-28-22-29(3)19-18-26(28)21-29/h26-28H,4-24H2,1-3H3/p+1. The van der Waals surface area contributed by atoms with Crippen LogP contribution in [0.4, 0.5) is 0 Å². The molecule has 37 heavy (non-hydrogen) atoms. The molecule has 2 aliphatic heterocycles. The van der Waals surface area contributed by atoms with Gasteiger partial charge in [0, 0.05) is 25.9 Å². The van der Waals surface area contributed by atoms with Crippen LogP contribution in [-0.4, -0.2) is 74.1 Å². The average molecular weight is 549 g/mol. The van der Waals surface area contributed by atoms with Gasteiger partial charge in [-0.25, -0.2) is 4.57 Å². The Labute approximate surface area is 226 Å². The number of likely N-dealkylation sites (N-methyl/N-ethyl adjacent to an activating group) is 1. The summed E-state index contributed by atoms with van der Waals surface area (Å²) in [5.41, 5.74) is 0. The van der Waals surface area contributed by atoms with Gasteiger partial charge in [-0.1, -0.05) is 90.4 Å². The fraction of sp³-hybridized carbons (Fsp3) is 0.964. The van der Waals surface area contributed by atoms with E-state index in [9.17, 15) is 14.3 Å². The molecule has 2 aliphatic rings. The molecule has 2 heterocycles. The maximum absolute atomic E-state index is 12.5. The Morgan fingerprint density at radius 1 is 0.919 bits per heavy atom. The van der Waals surface area contributed by atoms with E-state index in [2.05, 4.69) is 14.0 Å². The molecule has 0 radical (unpaired) electrons. The number of hydrogen-bond acceptors (Lipinski definition) is 6. The van der Waals surface area contributed by atoms with Gasteiger partial charge < -0.3 is 18.9 Å². The summed E-state index contributed by atoms with van der Waals surface area (Å²) in [5.74, 6) is -0.174. The van der Waals surface area contributed by atoms with E-state index in [0.29, 0.717) is 12.5 Å². The predicted octanol–water partition coefficient (Wildman–Crippen LogP) is 6.40. The summed E-state index contributed by atoms with van der Waals surface area (Å²) in [6.45, 7) is 6.86. The summed E-state index contributed by atoms with van der Waals surface area (Å²) in [6.07, 6.45) is 18.2. The van der Waals surface area contributed by atoms with Gasteiger partial charge in [-0.15, -0.1) is 0 Å². The summed E-state index contributed by atoms with van der Waals surface area (Å²) >= 11 is 0. The van der Waals surface area contributed by atoms with Gasteiger partial charge in [0.2, 0.25) is 0 Å². The van der Waals surface area contributed by atoms with Crippen molar-refractivity contribution in [2.75, 3.05) is 46.5 Å². The number of phosphoric ester groups is 1. The number of piperidine rings is 1. The van der Waals surface area contributed by atoms with Gasteiger partial charge in [-0.05, 0) is 6.42 Å². The summed E-state index contributed by atoms with van der Waals surface area (Å²) in [5, 5.41) is 0. The summed E-state index contributed by atoms with van der Waals surface area (Å²) in [4.78, 5) is 21.7. The molecule has 2 bridgehead atoms. The molecule has 0 aromatic heterocycles. The van der Waals surface area contributed by atoms with Gasteiger partial charge in [0.15, 0.2) is 0 Å². The molecule has 2 rings (SSSR count). The zero-order valence-electron chi connectivity index (χ0n) is 23.9. The predicted molar refractivity (Wildman–Crippen MR) is 146 cm³/mol. The number of esters is 1. The Balaban J connectivity index is 1.47. The number of nitrogens with zero attached hydrogens (tertiary/aromatic N) is 1. The second kappa shape index (κ2) is 18.0. The Kier molecular flexibility index (Phi) is 15.9. The third-order valence-corrected chi connectivity index (χ3v) is 8.84. The normalized spacial score (nSPS) is 25.3. The fourth-order valence-corrected chi connectivity index (χ4v) is 6.74. The van der Waals surface area contributed by atoms with Gasteiger partial charge in [-0.3, -0.25) is 13.8 Å². The molecule has 8 nitrogen and oxygen atoms in total. The van der Waals surface area contributed by atoms with E-state index in [4.69, 9.17) is 18.5 Å². The number of carbonyl (C=O) groups is 1. The Hall–Kier alpha value is -0.500. The number of rotatable bonds is 23. The molecule has 2 fully saturated rings. The van der Waals surface area contributed by atoms with Gasteiger partial charge in [0.25, 0.3) is 0 Å². The molecule has 0 amide bonds. The van der Waals surface area contributed by atoms with Crippen LogP contribution < -0.4 is 0 Å². The molecule has 218 valence electrons. The number of unbranched alkanes of at least 4 members (excludes halogenated alkanes) is 13. The van der Waals surface area contributed by atoms with Crippen molar-refractivity contribution in [3.05, 3.63) is 0 Å². The van der Waals surface area contributed by atoms with E-state index in [1.54, 1.807) is 0 Å². The van der Waals surface area contributed by atoms with E-state index in [1.165, 1.54) is 84.0 Å². The minimum absolute atomic E-state index is 0.138. The Morgan fingerprint density at radius 2 is 1.49 bits per heavy atom. The van der Waals surface area contributed by atoms with Crippen molar-refractivity contribution in [2.24, 2.45) is 5.92 Å². The van der Waals surface area contributed by atoms with E-state index in [-0.39, 0.29) is 19.3 Å². The van der Waals surface area contributed by atoms with Gasteiger partial charge in [-0.2, -0.15) is 0 Å². The van der Waals surface area contributed by atoms with Crippen LogP contribution in [0, 0.1) is 5.92 Å². The highest BCUT2D eigenvalue weighted by atomic mass is 31.2. The molecule has 0 spiro atoms. The van der Waals surface area contributed by atoms with Crippen molar-refractivity contribution in [3.63, 3.8) is 0 Å². The highest BCUT2D eigenvalue weighted by Gasteiger charge is 2.51. The van der Waals surface area contributed by atoms with Gasteiger partial charge in [0.1, 0.15) is 18.8 Å². The minimum Gasteiger partial charge on any atom is -0.458 e. The zero-order valence-corrected chi connectivity index (χ0v) is 24.8. The van der Waals surface area contributed by atoms with Crippen molar-refractivity contribution in [3.8, 4) is 0 Å². The number of carbonyl (C=O) groups excluding carboxylic acids is 1. The lowest BCUT2D eigenvalue weighted by Gasteiger charge is -2.29. The molecular formula is C28H55NO7P+. The van der Waals surface area contributed by atoms with Crippen molar-refractivity contribution < 1.29 is 37.3 Å². The van der Waals surface area contributed by atoms with Crippen molar-refractivity contribution in [2.45, 2.75) is 122 Å². The maximum Gasteiger partial charge on any atom is 0.472 e. The second-order valence-corrected chi connectivity index (χ2v) is 13.0. The van der Waals surface area contributed by atoms with Crippen molar-refractivity contribution in [1.29, 1.82) is 0 Å². The number of phosphoric acid groups is 1. The van der Waals surface area contributed by atoms with Crippen molar-refractivity contribution in [1.82, 2.24) is 0 Å². The first-order chi connectivity index (χ1) is 17.7. The molecule has 5 atom stereocenters. The maximum atomic E-state index is 12.5. The number of hydrogen-bond donors (Lipinski definition) is 1. The monoisotopic (exact) mass is 548 g/mol. The Bertz CT molecular complexity index is 679. The lowest BCUT2D eigenvalue weighted by atomic mass is 10.0. The van der Waals surface area contributed by atoms with Crippen LogP contribution in [0.2, 0.25) is 0 Å². The first-order valence-electron chi connectivity index (χ1n) is 15.0.